The number of nitrogens with zero attached hydrogens (tertiary/aromatic N) is 1. The van der Waals surface area contributed by atoms with Crippen LogP contribution in [0.4, 0.5) is 14.5 Å². The van der Waals surface area contributed by atoms with Crippen LogP contribution in [0.1, 0.15) is 19.8 Å². The number of amides is 2. The quantitative estimate of drug-likeness (QED) is 0.828. The minimum atomic E-state index is -1.03. The number of halogens is 2. The number of carbonyl (C=O) groups excluding carboxylic acids is 2. The summed E-state index contributed by atoms with van der Waals surface area (Å²) in [5.41, 5.74) is -0.571. The summed E-state index contributed by atoms with van der Waals surface area (Å²) in [6, 6.07) is 3.19. The lowest BCUT2D eigenvalue weighted by Gasteiger charge is -2.35. The van der Waals surface area contributed by atoms with E-state index in [-0.39, 0.29) is 6.54 Å². The molecule has 1 aromatic rings. The highest BCUT2D eigenvalue weighted by Gasteiger charge is 2.43. The molecule has 2 rings (SSSR count). The molecule has 8 heteroatoms. The highest BCUT2D eigenvalue weighted by molar-refractivity contribution is 5.95. The lowest BCUT2D eigenvalue weighted by molar-refractivity contribution is -0.156. The summed E-state index contributed by atoms with van der Waals surface area (Å²) in [6.07, 6.45) is 0.881. The number of benzene rings is 1. The van der Waals surface area contributed by atoms with Crippen LogP contribution in [-0.2, 0) is 14.4 Å². The first-order valence-electron chi connectivity index (χ1n) is 7.60. The number of nitrogens with one attached hydrogen (secondary N) is 1. The van der Waals surface area contributed by atoms with Gasteiger partial charge in [-0.05, 0) is 31.9 Å². The fourth-order valence-corrected chi connectivity index (χ4v) is 2.64. The Morgan fingerprint density at radius 1 is 1.21 bits per heavy atom. The third-order valence-corrected chi connectivity index (χ3v) is 4.16. The van der Waals surface area contributed by atoms with Crippen LogP contribution in [0.25, 0.3) is 0 Å². The number of carboxylic acids is 1. The zero-order valence-electron chi connectivity index (χ0n) is 13.1. The molecule has 0 saturated heterocycles. The molecule has 0 heterocycles. The lowest BCUT2D eigenvalue weighted by atomic mass is 9.73. The molecule has 0 aliphatic heterocycles. The number of para-hydroxylation sites is 1. The average molecular weight is 340 g/mol. The molecule has 1 saturated carbocycles. The zero-order valence-corrected chi connectivity index (χ0v) is 13.1. The minimum Gasteiger partial charge on any atom is -0.481 e. The molecule has 0 radical (unpaired) electrons. The van der Waals surface area contributed by atoms with Gasteiger partial charge in [-0.2, -0.15) is 0 Å². The van der Waals surface area contributed by atoms with Crippen molar-refractivity contribution < 1.29 is 28.3 Å². The molecule has 1 aliphatic rings. The number of hydrogen-bond donors (Lipinski definition) is 2. The van der Waals surface area contributed by atoms with Crippen molar-refractivity contribution >= 4 is 23.5 Å². The predicted octanol–water partition coefficient (Wildman–Crippen LogP) is 1.86. The van der Waals surface area contributed by atoms with E-state index in [0.29, 0.717) is 12.8 Å². The molecule has 2 N–H and O–H groups in total. The SMILES string of the molecule is CCN(CC(=O)Nc1c(F)cccc1F)C(=O)C1CCC1C(=O)O. The molecule has 1 aliphatic carbocycles. The fourth-order valence-electron chi connectivity index (χ4n) is 2.64. The molecular formula is C16H18F2N2O4. The predicted molar refractivity (Wildman–Crippen MR) is 81.1 cm³/mol. The summed E-state index contributed by atoms with van der Waals surface area (Å²) < 4.78 is 27.0. The number of likely N-dealkylation sites (N-methyl/N-ethyl adjacent to an activating group) is 1. The standard InChI is InChI=1S/C16H18F2N2O4/c1-2-20(15(22)9-6-7-10(9)16(23)24)8-13(21)19-14-11(17)4-3-5-12(14)18/h3-5,9-10H,2,6-8H2,1H3,(H,19,21)(H,23,24). The Bertz CT molecular complexity index is 645. The second-order valence-corrected chi connectivity index (χ2v) is 5.63. The Morgan fingerprint density at radius 2 is 1.79 bits per heavy atom. The maximum atomic E-state index is 13.5. The second kappa shape index (κ2) is 7.37. The largest absolute Gasteiger partial charge is 0.481 e. The van der Waals surface area contributed by atoms with Crippen LogP contribution in [0, 0.1) is 23.5 Å². The highest BCUT2D eigenvalue weighted by Crippen LogP contribution is 2.35. The normalized spacial score (nSPS) is 19.3. The van der Waals surface area contributed by atoms with Gasteiger partial charge >= 0.3 is 5.97 Å². The van der Waals surface area contributed by atoms with Crippen LogP contribution in [0.5, 0.6) is 0 Å². The van der Waals surface area contributed by atoms with Gasteiger partial charge in [-0.3, -0.25) is 14.4 Å². The zero-order chi connectivity index (χ0) is 17.9. The summed E-state index contributed by atoms with van der Waals surface area (Å²) in [5, 5.41) is 11.1. The van der Waals surface area contributed by atoms with Gasteiger partial charge in [-0.1, -0.05) is 6.07 Å². The third-order valence-electron chi connectivity index (χ3n) is 4.16. The molecule has 0 aromatic heterocycles. The van der Waals surface area contributed by atoms with E-state index in [4.69, 9.17) is 5.11 Å². The van der Waals surface area contributed by atoms with Crippen LogP contribution >= 0.6 is 0 Å². The van der Waals surface area contributed by atoms with Gasteiger partial charge in [0.2, 0.25) is 11.8 Å². The first-order chi connectivity index (χ1) is 11.3. The van der Waals surface area contributed by atoms with Crippen molar-refractivity contribution in [1.29, 1.82) is 0 Å². The lowest BCUT2D eigenvalue weighted by Crippen LogP contribution is -2.48. The number of carboxylic acid groups (broad SMARTS) is 1. The first-order valence-corrected chi connectivity index (χ1v) is 7.60. The van der Waals surface area contributed by atoms with Crippen LogP contribution in [-0.4, -0.2) is 40.9 Å². The van der Waals surface area contributed by atoms with Gasteiger partial charge in [0.25, 0.3) is 0 Å². The van der Waals surface area contributed by atoms with E-state index < -0.39 is 53.5 Å². The van der Waals surface area contributed by atoms with Crippen molar-refractivity contribution in [2.45, 2.75) is 19.8 Å². The van der Waals surface area contributed by atoms with Crippen LogP contribution in [0.15, 0.2) is 18.2 Å². The van der Waals surface area contributed by atoms with E-state index >= 15 is 0 Å². The van der Waals surface area contributed by atoms with Gasteiger partial charge in [0.15, 0.2) is 0 Å². The van der Waals surface area contributed by atoms with E-state index in [1.165, 1.54) is 11.0 Å². The Labute approximate surface area is 137 Å². The Balaban J connectivity index is 2.01. The second-order valence-electron chi connectivity index (χ2n) is 5.63. The number of rotatable bonds is 6. The minimum absolute atomic E-state index is 0.189. The molecular weight excluding hydrogens is 322 g/mol. The van der Waals surface area contributed by atoms with Crippen molar-refractivity contribution in [3.8, 4) is 0 Å². The average Bonchev–Trinajstić information content (AvgIpc) is 2.46. The number of hydrogen-bond acceptors (Lipinski definition) is 3. The van der Waals surface area contributed by atoms with Gasteiger partial charge in [0.05, 0.1) is 18.4 Å². The van der Waals surface area contributed by atoms with E-state index in [1.807, 2.05) is 0 Å². The Kier molecular flexibility index (Phi) is 5.48. The highest BCUT2D eigenvalue weighted by atomic mass is 19.1. The summed E-state index contributed by atoms with van der Waals surface area (Å²) in [6.45, 7) is 1.43. The monoisotopic (exact) mass is 340 g/mol. The van der Waals surface area contributed by atoms with Crippen molar-refractivity contribution in [2.75, 3.05) is 18.4 Å². The van der Waals surface area contributed by atoms with E-state index in [9.17, 15) is 23.2 Å². The molecule has 1 fully saturated rings. The molecule has 2 amide bonds. The maximum absolute atomic E-state index is 13.5. The van der Waals surface area contributed by atoms with Crippen molar-refractivity contribution in [2.24, 2.45) is 11.8 Å². The summed E-state index contributed by atoms with van der Waals surface area (Å²) in [5.74, 6) is -5.43. The number of aliphatic carboxylic acids is 1. The van der Waals surface area contributed by atoms with Gasteiger partial charge in [0, 0.05) is 6.54 Å². The summed E-state index contributed by atoms with van der Waals surface area (Å²) >= 11 is 0. The van der Waals surface area contributed by atoms with Gasteiger partial charge in [-0.25, -0.2) is 8.78 Å². The van der Waals surface area contributed by atoms with Crippen molar-refractivity contribution in [3.63, 3.8) is 0 Å². The third kappa shape index (κ3) is 3.69. The van der Waals surface area contributed by atoms with Crippen LogP contribution in [0.3, 0.4) is 0 Å². The van der Waals surface area contributed by atoms with Crippen LogP contribution in [0.2, 0.25) is 0 Å². The molecule has 0 bridgehead atoms. The molecule has 130 valence electrons. The number of carbonyl (C=O) groups is 3. The summed E-state index contributed by atoms with van der Waals surface area (Å²) in [4.78, 5) is 36.5. The topological polar surface area (TPSA) is 86.7 Å². The Hall–Kier alpha value is -2.51. The van der Waals surface area contributed by atoms with Gasteiger partial charge in [-0.15, -0.1) is 0 Å². The molecule has 0 spiro atoms. The van der Waals surface area contributed by atoms with Gasteiger partial charge in [0.1, 0.15) is 17.3 Å². The first kappa shape index (κ1) is 17.8. The number of anilines is 1. The molecule has 1 aromatic carbocycles. The fraction of sp³-hybridized carbons (Fsp3) is 0.438. The van der Waals surface area contributed by atoms with E-state index in [0.717, 1.165) is 12.1 Å². The molecule has 2 atom stereocenters. The Morgan fingerprint density at radius 3 is 2.25 bits per heavy atom. The van der Waals surface area contributed by atoms with Crippen molar-refractivity contribution in [1.82, 2.24) is 4.90 Å². The smallest absolute Gasteiger partial charge is 0.307 e. The summed E-state index contributed by atoms with van der Waals surface area (Å²) in [7, 11) is 0. The van der Waals surface area contributed by atoms with Crippen molar-refractivity contribution in [3.05, 3.63) is 29.8 Å². The molecule has 2 unspecified atom stereocenters. The molecule has 24 heavy (non-hydrogen) atoms. The van der Waals surface area contributed by atoms with Gasteiger partial charge < -0.3 is 15.3 Å². The maximum Gasteiger partial charge on any atom is 0.307 e. The van der Waals surface area contributed by atoms with Crippen LogP contribution < -0.4 is 5.32 Å². The molecule has 6 nitrogen and oxygen atoms in total. The van der Waals surface area contributed by atoms with E-state index in [2.05, 4.69) is 5.32 Å². The van der Waals surface area contributed by atoms with E-state index in [1.54, 1.807) is 6.92 Å².